The van der Waals surface area contributed by atoms with E-state index in [0.717, 1.165) is 79.4 Å². The highest BCUT2D eigenvalue weighted by atomic mass is 16.6. The number of allylic oxidation sites excluding steroid dienone is 6. The van der Waals surface area contributed by atoms with Gasteiger partial charge in [-0.3, -0.25) is 0 Å². The molecule has 1 aromatic carbocycles. The lowest BCUT2D eigenvalue weighted by molar-refractivity contribution is 0.0381. The molecule has 3 aromatic rings. The number of benzene rings is 1. The first-order chi connectivity index (χ1) is 16.2. The second-order valence-electron chi connectivity index (χ2n) is 8.56. The van der Waals surface area contributed by atoms with E-state index in [1.165, 1.54) is 11.1 Å². The summed E-state index contributed by atoms with van der Waals surface area (Å²) in [6.45, 7) is 6.67. The maximum atomic E-state index is 6.41. The van der Waals surface area contributed by atoms with Gasteiger partial charge in [0.1, 0.15) is 11.3 Å². The predicted molar refractivity (Wildman–Crippen MR) is 137 cm³/mol. The third-order valence-electron chi connectivity index (χ3n) is 5.86. The smallest absolute Gasteiger partial charge is 0.152 e. The first-order valence-electron chi connectivity index (χ1n) is 12.1. The van der Waals surface area contributed by atoms with Gasteiger partial charge in [0.05, 0.1) is 17.6 Å². The number of imidazole rings is 1. The van der Waals surface area contributed by atoms with Crippen molar-refractivity contribution in [3.8, 4) is 0 Å². The number of hydroxylamine groups is 1. The Morgan fingerprint density at radius 2 is 2.06 bits per heavy atom. The van der Waals surface area contributed by atoms with Gasteiger partial charge in [0.15, 0.2) is 5.82 Å². The van der Waals surface area contributed by atoms with Gasteiger partial charge in [0.2, 0.25) is 0 Å². The summed E-state index contributed by atoms with van der Waals surface area (Å²) in [6, 6.07) is 6.56. The van der Waals surface area contributed by atoms with E-state index in [2.05, 4.69) is 72.5 Å². The molecular formula is C27H35N5O. The van der Waals surface area contributed by atoms with Crippen molar-refractivity contribution in [3.05, 3.63) is 65.5 Å². The molecule has 2 aromatic heterocycles. The van der Waals surface area contributed by atoms with E-state index in [1.54, 1.807) is 0 Å². The number of nitrogens with two attached hydrogens (primary N) is 1. The van der Waals surface area contributed by atoms with Gasteiger partial charge >= 0.3 is 0 Å². The molecule has 6 heteroatoms. The first kappa shape index (κ1) is 23.2. The highest BCUT2D eigenvalue weighted by Crippen LogP contribution is 2.30. The van der Waals surface area contributed by atoms with Crippen LogP contribution in [0.1, 0.15) is 50.9 Å². The summed E-state index contributed by atoms with van der Waals surface area (Å²) in [4.78, 5) is 15.2. The van der Waals surface area contributed by atoms with Crippen LogP contribution in [0, 0.1) is 0 Å². The number of fused-ring (bicyclic) bond motifs is 3. The lowest BCUT2D eigenvalue weighted by atomic mass is 10.0. The van der Waals surface area contributed by atoms with Crippen LogP contribution in [-0.2, 0) is 24.2 Å². The molecule has 0 bridgehead atoms. The van der Waals surface area contributed by atoms with Crippen LogP contribution in [0.4, 0.5) is 5.82 Å². The van der Waals surface area contributed by atoms with Gasteiger partial charge in [0, 0.05) is 24.9 Å². The van der Waals surface area contributed by atoms with E-state index in [9.17, 15) is 0 Å². The van der Waals surface area contributed by atoms with Gasteiger partial charge in [0.25, 0.3) is 0 Å². The Hall–Kier alpha value is -2.96. The third kappa shape index (κ3) is 5.52. The predicted octanol–water partition coefficient (Wildman–Crippen LogP) is 5.43. The van der Waals surface area contributed by atoms with E-state index in [0.29, 0.717) is 12.4 Å². The fourth-order valence-corrected chi connectivity index (χ4v) is 4.29. The van der Waals surface area contributed by atoms with Gasteiger partial charge in [-0.05, 0) is 49.3 Å². The highest BCUT2D eigenvalue weighted by Gasteiger charge is 2.17. The fraction of sp³-hybridized carbons (Fsp3) is 0.407. The molecule has 0 saturated carbocycles. The Labute approximate surface area is 196 Å². The van der Waals surface area contributed by atoms with Crippen LogP contribution in [0.5, 0.6) is 0 Å². The summed E-state index contributed by atoms with van der Waals surface area (Å²) in [5.41, 5.74) is 14.8. The molecule has 1 aliphatic rings. The van der Waals surface area contributed by atoms with E-state index >= 15 is 0 Å². The van der Waals surface area contributed by atoms with Crippen molar-refractivity contribution < 1.29 is 4.84 Å². The summed E-state index contributed by atoms with van der Waals surface area (Å²) >= 11 is 0. The summed E-state index contributed by atoms with van der Waals surface area (Å²) in [7, 11) is 0. The van der Waals surface area contributed by atoms with Gasteiger partial charge in [-0.1, -0.05) is 56.4 Å². The Balaban J connectivity index is 1.67. The molecule has 0 aliphatic heterocycles. The molecule has 6 nitrogen and oxygen atoms in total. The average molecular weight is 446 g/mol. The van der Waals surface area contributed by atoms with Crippen molar-refractivity contribution in [1.29, 1.82) is 0 Å². The van der Waals surface area contributed by atoms with Crippen LogP contribution in [0.2, 0.25) is 0 Å². The SMILES string of the molecule is CCCNOCCCn1c(CCC)nc2c(N)nc3cc(CC4=CC=CCC=C4)ccc3c21. The highest BCUT2D eigenvalue weighted by molar-refractivity contribution is 6.06. The minimum absolute atomic E-state index is 0.503. The largest absolute Gasteiger partial charge is 0.382 e. The number of nitrogens with one attached hydrogen (secondary N) is 1. The molecule has 1 aliphatic carbocycles. The molecule has 0 amide bonds. The standard InChI is InChI=1S/C27H35N5O/c1-3-10-24-31-25-26(32(24)16-9-17-33-29-15-4-2)22-14-13-21(19-23(22)30-27(25)28)18-20-11-7-5-6-8-12-20/h5,7-8,11-14,19,29H,3-4,6,9-10,15-18H2,1-2H3,(H2,28,30). The van der Waals surface area contributed by atoms with E-state index in [4.69, 9.17) is 20.5 Å². The summed E-state index contributed by atoms with van der Waals surface area (Å²) < 4.78 is 2.32. The maximum absolute atomic E-state index is 6.41. The lowest BCUT2D eigenvalue weighted by Gasteiger charge is -2.12. The molecule has 0 unspecified atom stereocenters. The molecule has 4 rings (SSSR count). The molecule has 0 spiro atoms. The minimum atomic E-state index is 0.503. The first-order valence-corrected chi connectivity index (χ1v) is 12.1. The van der Waals surface area contributed by atoms with Crippen molar-refractivity contribution >= 4 is 27.8 Å². The summed E-state index contributed by atoms with van der Waals surface area (Å²) in [6.07, 6.45) is 16.6. The molecule has 0 atom stereocenters. The topological polar surface area (TPSA) is 78.0 Å². The molecule has 174 valence electrons. The number of rotatable bonds is 11. The number of anilines is 1. The van der Waals surface area contributed by atoms with Crippen molar-refractivity contribution in [1.82, 2.24) is 20.0 Å². The van der Waals surface area contributed by atoms with Gasteiger partial charge in [-0.25, -0.2) is 15.4 Å². The molecule has 3 N–H and O–H groups in total. The van der Waals surface area contributed by atoms with E-state index in [1.807, 2.05) is 0 Å². The Bertz CT molecular complexity index is 1190. The molecule has 0 fully saturated rings. The van der Waals surface area contributed by atoms with Crippen LogP contribution in [-0.4, -0.2) is 27.7 Å². The average Bonchev–Trinajstić information content (AvgIpc) is 2.98. The summed E-state index contributed by atoms with van der Waals surface area (Å²) in [5.74, 6) is 1.57. The van der Waals surface area contributed by atoms with Crippen LogP contribution in [0.15, 0.2) is 54.2 Å². The molecule has 33 heavy (non-hydrogen) atoms. The van der Waals surface area contributed by atoms with Crippen molar-refractivity contribution in [2.45, 2.75) is 58.9 Å². The Morgan fingerprint density at radius 3 is 2.91 bits per heavy atom. The van der Waals surface area contributed by atoms with Crippen LogP contribution in [0.25, 0.3) is 21.9 Å². The second kappa shape index (κ2) is 11.3. The number of aromatic nitrogens is 3. The molecule has 0 saturated heterocycles. The number of nitrogens with zero attached hydrogens (tertiary/aromatic N) is 3. The van der Waals surface area contributed by atoms with Gasteiger partial charge in [-0.15, -0.1) is 0 Å². The van der Waals surface area contributed by atoms with E-state index in [-0.39, 0.29) is 0 Å². The number of aryl methyl sites for hydroxylation is 2. The number of pyridine rings is 1. The van der Waals surface area contributed by atoms with Crippen molar-refractivity contribution in [2.75, 3.05) is 18.9 Å². The van der Waals surface area contributed by atoms with Gasteiger partial charge < -0.3 is 15.1 Å². The van der Waals surface area contributed by atoms with E-state index < -0.39 is 0 Å². The monoisotopic (exact) mass is 445 g/mol. The molecule has 2 heterocycles. The zero-order valence-electron chi connectivity index (χ0n) is 19.8. The fourth-order valence-electron chi connectivity index (χ4n) is 4.29. The second-order valence-corrected chi connectivity index (χ2v) is 8.56. The quantitative estimate of drug-likeness (QED) is 0.304. The Morgan fingerprint density at radius 1 is 1.15 bits per heavy atom. The summed E-state index contributed by atoms with van der Waals surface area (Å²) in [5, 5.41) is 1.10. The number of nitrogen functional groups attached to an aromatic ring is 1. The van der Waals surface area contributed by atoms with Crippen molar-refractivity contribution in [3.63, 3.8) is 0 Å². The van der Waals surface area contributed by atoms with Crippen LogP contribution in [0.3, 0.4) is 0 Å². The third-order valence-corrected chi connectivity index (χ3v) is 5.86. The lowest BCUT2D eigenvalue weighted by Crippen LogP contribution is -2.17. The van der Waals surface area contributed by atoms with Crippen LogP contribution >= 0.6 is 0 Å². The Kier molecular flexibility index (Phi) is 7.92. The number of hydrogen-bond donors (Lipinski definition) is 2. The maximum Gasteiger partial charge on any atom is 0.152 e. The molecule has 0 radical (unpaired) electrons. The number of hydrogen-bond acceptors (Lipinski definition) is 5. The molecular weight excluding hydrogens is 410 g/mol. The van der Waals surface area contributed by atoms with Gasteiger partial charge in [-0.2, -0.15) is 0 Å². The minimum Gasteiger partial charge on any atom is -0.382 e. The van der Waals surface area contributed by atoms with Crippen molar-refractivity contribution in [2.24, 2.45) is 0 Å². The zero-order valence-corrected chi connectivity index (χ0v) is 19.8. The zero-order chi connectivity index (χ0) is 23.0. The van der Waals surface area contributed by atoms with Crippen LogP contribution < -0.4 is 11.2 Å². The normalized spacial score (nSPS) is 13.7.